The van der Waals surface area contributed by atoms with Crippen molar-refractivity contribution in [3.05, 3.63) is 12.2 Å². The van der Waals surface area contributed by atoms with Crippen molar-refractivity contribution in [3.8, 4) is 0 Å². The molecule has 0 aliphatic heterocycles. The van der Waals surface area contributed by atoms with E-state index in [1.165, 1.54) is 0 Å². The van der Waals surface area contributed by atoms with E-state index in [2.05, 4.69) is 6.58 Å². The molecule has 1 fully saturated rings. The first-order valence-electron chi connectivity index (χ1n) is 3.17. The molecule has 2 atom stereocenters. The number of allylic oxidation sites excluding steroid dienone is 1. The Kier molecular flexibility index (Phi) is 1.84. The molecule has 0 N–H and O–H groups in total. The third-order valence-electron chi connectivity index (χ3n) is 1.69. The lowest BCUT2D eigenvalue weighted by atomic mass is 9.93. The van der Waals surface area contributed by atoms with E-state index in [0.29, 0.717) is 18.4 Å². The first-order valence-corrected chi connectivity index (χ1v) is 3.17. The number of hydrogen-bond donors (Lipinski definition) is 0. The number of alkyl halides is 2. The summed E-state index contributed by atoms with van der Waals surface area (Å²) in [5.74, 6) is 0. The quantitative estimate of drug-likeness (QED) is 0.444. The van der Waals surface area contributed by atoms with Crippen LogP contribution in [0.5, 0.6) is 0 Å². The van der Waals surface area contributed by atoms with E-state index >= 15 is 0 Å². The fourth-order valence-corrected chi connectivity index (χ4v) is 1.06. The van der Waals surface area contributed by atoms with Gasteiger partial charge in [0.2, 0.25) is 0 Å². The van der Waals surface area contributed by atoms with Gasteiger partial charge in [-0.05, 0) is 24.8 Å². The number of halogens is 2. The zero-order valence-corrected chi connectivity index (χ0v) is 5.24. The SMILES string of the molecule is C=C1CCCC(F)C1F. The van der Waals surface area contributed by atoms with Gasteiger partial charge in [0.1, 0.15) is 6.17 Å². The molecule has 2 heteroatoms. The van der Waals surface area contributed by atoms with Crippen LogP contribution in [0.2, 0.25) is 0 Å². The third-order valence-corrected chi connectivity index (χ3v) is 1.69. The van der Waals surface area contributed by atoms with Crippen molar-refractivity contribution in [2.24, 2.45) is 0 Å². The topological polar surface area (TPSA) is 0 Å². The van der Waals surface area contributed by atoms with Crippen LogP contribution < -0.4 is 0 Å². The molecular weight excluding hydrogens is 122 g/mol. The van der Waals surface area contributed by atoms with Crippen LogP contribution in [0.15, 0.2) is 12.2 Å². The summed E-state index contributed by atoms with van der Waals surface area (Å²) in [4.78, 5) is 0. The zero-order valence-electron chi connectivity index (χ0n) is 5.24. The Morgan fingerprint density at radius 1 is 1.44 bits per heavy atom. The van der Waals surface area contributed by atoms with Crippen molar-refractivity contribution in [1.29, 1.82) is 0 Å². The average molecular weight is 132 g/mol. The van der Waals surface area contributed by atoms with Gasteiger partial charge in [-0.1, -0.05) is 6.58 Å². The molecule has 2 unspecified atom stereocenters. The Bertz CT molecular complexity index is 120. The van der Waals surface area contributed by atoms with Crippen molar-refractivity contribution in [1.82, 2.24) is 0 Å². The first kappa shape index (κ1) is 6.72. The van der Waals surface area contributed by atoms with Crippen molar-refractivity contribution < 1.29 is 8.78 Å². The number of rotatable bonds is 0. The van der Waals surface area contributed by atoms with Gasteiger partial charge in [0.05, 0.1) is 0 Å². The molecular formula is C7H10F2. The second kappa shape index (κ2) is 2.46. The second-order valence-electron chi connectivity index (χ2n) is 2.47. The normalized spacial score (nSPS) is 36.9. The molecule has 0 radical (unpaired) electrons. The monoisotopic (exact) mass is 132 g/mol. The van der Waals surface area contributed by atoms with Gasteiger partial charge in [-0.2, -0.15) is 0 Å². The molecule has 0 heterocycles. The Morgan fingerprint density at radius 2 is 2.11 bits per heavy atom. The molecule has 0 nitrogen and oxygen atoms in total. The molecule has 0 saturated heterocycles. The lowest BCUT2D eigenvalue weighted by Gasteiger charge is -2.20. The lowest BCUT2D eigenvalue weighted by Crippen LogP contribution is -2.23. The van der Waals surface area contributed by atoms with Gasteiger partial charge >= 0.3 is 0 Å². The van der Waals surface area contributed by atoms with Crippen LogP contribution >= 0.6 is 0 Å². The summed E-state index contributed by atoms with van der Waals surface area (Å²) >= 11 is 0. The molecule has 0 aromatic heterocycles. The largest absolute Gasteiger partial charge is 0.244 e. The second-order valence-corrected chi connectivity index (χ2v) is 2.47. The van der Waals surface area contributed by atoms with Gasteiger partial charge in [-0.15, -0.1) is 0 Å². The standard InChI is InChI=1S/C7H10F2/c1-5-3-2-4-6(8)7(5)9/h6-7H,1-4H2. The maximum Gasteiger partial charge on any atom is 0.152 e. The first-order chi connectivity index (χ1) is 4.22. The van der Waals surface area contributed by atoms with E-state index in [-0.39, 0.29) is 0 Å². The fourth-order valence-electron chi connectivity index (χ4n) is 1.06. The molecule has 0 bridgehead atoms. The summed E-state index contributed by atoms with van der Waals surface area (Å²) in [6.07, 6.45) is -0.910. The molecule has 0 spiro atoms. The van der Waals surface area contributed by atoms with Crippen LogP contribution in [0.1, 0.15) is 19.3 Å². The van der Waals surface area contributed by atoms with Crippen molar-refractivity contribution >= 4 is 0 Å². The molecule has 9 heavy (non-hydrogen) atoms. The maximum absolute atomic E-state index is 12.5. The van der Waals surface area contributed by atoms with E-state index in [1.807, 2.05) is 0 Å². The van der Waals surface area contributed by atoms with Gasteiger partial charge in [0, 0.05) is 0 Å². The van der Waals surface area contributed by atoms with Gasteiger partial charge in [-0.3, -0.25) is 0 Å². The van der Waals surface area contributed by atoms with Crippen LogP contribution in [-0.2, 0) is 0 Å². The lowest BCUT2D eigenvalue weighted by molar-refractivity contribution is 0.161. The molecule has 0 aromatic carbocycles. The smallest absolute Gasteiger partial charge is 0.152 e. The molecule has 1 aliphatic rings. The van der Waals surface area contributed by atoms with Gasteiger partial charge in [0.15, 0.2) is 6.17 Å². The van der Waals surface area contributed by atoms with E-state index in [1.54, 1.807) is 0 Å². The van der Waals surface area contributed by atoms with Crippen LogP contribution in [0.3, 0.4) is 0 Å². The van der Waals surface area contributed by atoms with Crippen LogP contribution in [0.25, 0.3) is 0 Å². The molecule has 52 valence electrons. The predicted octanol–water partition coefficient (Wildman–Crippen LogP) is 2.40. The fraction of sp³-hybridized carbons (Fsp3) is 0.714. The number of hydrogen-bond acceptors (Lipinski definition) is 0. The highest BCUT2D eigenvalue weighted by atomic mass is 19.2. The predicted molar refractivity (Wildman–Crippen MR) is 32.8 cm³/mol. The van der Waals surface area contributed by atoms with E-state index < -0.39 is 12.3 Å². The van der Waals surface area contributed by atoms with Gasteiger partial charge < -0.3 is 0 Å². The van der Waals surface area contributed by atoms with E-state index in [4.69, 9.17) is 0 Å². The van der Waals surface area contributed by atoms with E-state index in [9.17, 15) is 8.78 Å². The highest BCUT2D eigenvalue weighted by molar-refractivity contribution is 5.07. The van der Waals surface area contributed by atoms with Crippen molar-refractivity contribution in [2.45, 2.75) is 31.6 Å². The summed E-state index contributed by atoms with van der Waals surface area (Å²) in [6, 6.07) is 0. The summed E-state index contributed by atoms with van der Waals surface area (Å²) in [7, 11) is 0. The summed E-state index contributed by atoms with van der Waals surface area (Å²) < 4.78 is 24.9. The maximum atomic E-state index is 12.5. The van der Waals surface area contributed by atoms with E-state index in [0.717, 1.165) is 6.42 Å². The minimum atomic E-state index is -1.39. The summed E-state index contributed by atoms with van der Waals surface area (Å²) in [6.45, 7) is 3.43. The molecule has 1 aliphatic carbocycles. The van der Waals surface area contributed by atoms with Crippen LogP contribution in [-0.4, -0.2) is 12.3 Å². The zero-order chi connectivity index (χ0) is 6.85. The highest BCUT2D eigenvalue weighted by Crippen LogP contribution is 2.27. The summed E-state index contributed by atoms with van der Waals surface area (Å²) in [5.41, 5.74) is 0.425. The van der Waals surface area contributed by atoms with Crippen LogP contribution in [0, 0.1) is 0 Å². The highest BCUT2D eigenvalue weighted by Gasteiger charge is 2.26. The Balaban J connectivity index is 2.51. The summed E-state index contributed by atoms with van der Waals surface area (Å²) in [5, 5.41) is 0. The Labute approximate surface area is 53.6 Å². The van der Waals surface area contributed by atoms with Gasteiger partial charge in [-0.25, -0.2) is 8.78 Å². The Morgan fingerprint density at radius 3 is 2.56 bits per heavy atom. The van der Waals surface area contributed by atoms with Crippen LogP contribution in [0.4, 0.5) is 8.78 Å². The minimum Gasteiger partial charge on any atom is -0.244 e. The Hall–Kier alpha value is -0.400. The average Bonchev–Trinajstić information content (AvgIpc) is 1.83. The molecule has 0 aromatic rings. The third kappa shape index (κ3) is 1.29. The minimum absolute atomic E-state index is 0.361. The molecule has 1 rings (SSSR count). The van der Waals surface area contributed by atoms with Crippen molar-refractivity contribution in [3.63, 3.8) is 0 Å². The van der Waals surface area contributed by atoms with Gasteiger partial charge in [0.25, 0.3) is 0 Å². The molecule has 0 amide bonds. The molecule has 1 saturated carbocycles. The van der Waals surface area contributed by atoms with Crippen molar-refractivity contribution in [2.75, 3.05) is 0 Å².